The predicted molar refractivity (Wildman–Crippen MR) is 36.7 cm³/mol. The average Bonchev–Trinajstić information content (AvgIpc) is 2.17. The molecule has 0 amide bonds. The van der Waals surface area contributed by atoms with Crippen LogP contribution in [0.5, 0.6) is 0 Å². The van der Waals surface area contributed by atoms with Crippen LogP contribution in [0.25, 0.3) is 0 Å². The first-order valence-electron chi connectivity index (χ1n) is 3.26. The van der Waals surface area contributed by atoms with Crippen LogP contribution in [0.2, 0.25) is 0 Å². The van der Waals surface area contributed by atoms with Crippen LogP contribution >= 0.6 is 0 Å². The Morgan fingerprint density at radius 2 is 2.18 bits per heavy atom. The van der Waals surface area contributed by atoms with E-state index in [1.807, 2.05) is 0 Å². The Bertz CT molecular complexity index is 199. The molecular weight excluding hydrogens is 148 g/mol. The number of aliphatic hydroxyl groups is 2. The van der Waals surface area contributed by atoms with Crippen LogP contribution in [0.15, 0.2) is 12.2 Å². The van der Waals surface area contributed by atoms with Gasteiger partial charge in [-0.2, -0.15) is 0 Å². The quantitative estimate of drug-likeness (QED) is 0.387. The second-order valence-corrected chi connectivity index (χ2v) is 2.64. The minimum Gasteiger partial charge on any atom is -0.453 e. The largest absolute Gasteiger partial charge is 0.453 e. The van der Waals surface area contributed by atoms with Gasteiger partial charge in [-0.05, 0) is 12.5 Å². The number of carbonyl (C=O) groups is 1. The van der Waals surface area contributed by atoms with Crippen molar-refractivity contribution >= 4 is 5.97 Å². The molecule has 1 aliphatic rings. The second-order valence-electron chi connectivity index (χ2n) is 2.64. The van der Waals surface area contributed by atoms with Crippen LogP contribution in [0, 0.1) is 0 Å². The first-order chi connectivity index (χ1) is 5.04. The van der Waals surface area contributed by atoms with E-state index in [0.717, 1.165) is 0 Å². The molecule has 0 radical (unpaired) electrons. The van der Waals surface area contributed by atoms with Gasteiger partial charge < -0.3 is 14.9 Å². The third-order valence-electron chi connectivity index (χ3n) is 1.60. The maximum absolute atomic E-state index is 10.6. The maximum Gasteiger partial charge on any atom is 0.338 e. The van der Waals surface area contributed by atoms with Crippen LogP contribution in [0.1, 0.15) is 6.92 Å². The van der Waals surface area contributed by atoms with E-state index in [0.29, 0.717) is 5.57 Å². The summed E-state index contributed by atoms with van der Waals surface area (Å²) in [7, 11) is 0. The van der Waals surface area contributed by atoms with Gasteiger partial charge in [-0.25, -0.2) is 4.79 Å². The highest BCUT2D eigenvalue weighted by atomic mass is 16.6. The summed E-state index contributed by atoms with van der Waals surface area (Å²) in [5.74, 6) is -0.787. The van der Waals surface area contributed by atoms with Crippen molar-refractivity contribution in [2.75, 3.05) is 0 Å². The molecule has 0 unspecified atom stereocenters. The first kappa shape index (κ1) is 8.23. The fraction of sp³-hybridized carbons (Fsp3) is 0.571. The standard InChI is InChI=1S/C7H10O4/c1-3(2)6-4(8)5(9)7(10)11-6/h4-6,8-9H,1H2,2H3/t4-,5-,6+/m0/s1. The normalized spacial score (nSPS) is 37.0. The molecule has 0 aliphatic carbocycles. The zero-order valence-electron chi connectivity index (χ0n) is 6.15. The fourth-order valence-corrected chi connectivity index (χ4v) is 0.962. The molecule has 1 heterocycles. The number of rotatable bonds is 1. The molecule has 11 heavy (non-hydrogen) atoms. The summed E-state index contributed by atoms with van der Waals surface area (Å²) in [6, 6.07) is 0. The Morgan fingerprint density at radius 3 is 2.36 bits per heavy atom. The highest BCUT2D eigenvalue weighted by molar-refractivity contribution is 5.78. The van der Waals surface area contributed by atoms with Crippen LogP contribution in [0.3, 0.4) is 0 Å². The minimum absolute atomic E-state index is 0.530. The molecule has 0 spiro atoms. The van der Waals surface area contributed by atoms with E-state index in [1.165, 1.54) is 0 Å². The SMILES string of the molecule is C=C(C)[C@H]1OC(=O)[C@@H](O)[C@@H]1O. The smallest absolute Gasteiger partial charge is 0.338 e. The van der Waals surface area contributed by atoms with Crippen molar-refractivity contribution in [3.8, 4) is 0 Å². The summed E-state index contributed by atoms with van der Waals surface area (Å²) in [6.07, 6.45) is -3.34. The Labute approximate surface area is 64.1 Å². The van der Waals surface area contributed by atoms with E-state index in [9.17, 15) is 4.79 Å². The molecule has 2 N–H and O–H groups in total. The molecular formula is C7H10O4. The van der Waals surface area contributed by atoms with Crippen LogP contribution < -0.4 is 0 Å². The van der Waals surface area contributed by atoms with Crippen molar-refractivity contribution in [1.29, 1.82) is 0 Å². The molecule has 4 nitrogen and oxygen atoms in total. The lowest BCUT2D eigenvalue weighted by Gasteiger charge is -2.11. The zero-order chi connectivity index (χ0) is 8.59. The third-order valence-corrected chi connectivity index (χ3v) is 1.60. The van der Waals surface area contributed by atoms with Crippen molar-refractivity contribution < 1.29 is 19.7 Å². The number of ether oxygens (including phenoxy) is 1. The summed E-state index contributed by atoms with van der Waals surface area (Å²) >= 11 is 0. The van der Waals surface area contributed by atoms with Gasteiger partial charge in [0, 0.05) is 0 Å². The second kappa shape index (κ2) is 2.64. The number of aliphatic hydroxyl groups excluding tert-OH is 2. The molecule has 0 aromatic carbocycles. The lowest BCUT2D eigenvalue weighted by Crippen LogP contribution is -2.31. The molecule has 0 aromatic rings. The van der Waals surface area contributed by atoms with E-state index in [4.69, 9.17) is 10.2 Å². The third kappa shape index (κ3) is 1.27. The molecule has 0 aromatic heterocycles. The predicted octanol–water partition coefficient (Wildman–Crippen LogP) is -0.790. The molecule has 3 atom stereocenters. The first-order valence-corrected chi connectivity index (χ1v) is 3.26. The molecule has 1 fully saturated rings. The minimum atomic E-state index is -1.42. The van der Waals surface area contributed by atoms with E-state index >= 15 is 0 Å². The number of hydrogen-bond acceptors (Lipinski definition) is 4. The summed E-state index contributed by atoms with van der Waals surface area (Å²) < 4.78 is 4.61. The van der Waals surface area contributed by atoms with Crippen molar-refractivity contribution in [3.05, 3.63) is 12.2 Å². The number of cyclic esters (lactones) is 1. The van der Waals surface area contributed by atoms with Gasteiger partial charge in [-0.15, -0.1) is 0 Å². The highest BCUT2D eigenvalue weighted by Gasteiger charge is 2.42. The molecule has 1 rings (SSSR count). The van der Waals surface area contributed by atoms with E-state index in [-0.39, 0.29) is 0 Å². The van der Waals surface area contributed by atoms with Gasteiger partial charge in [0.2, 0.25) is 0 Å². The summed E-state index contributed by atoms with van der Waals surface area (Å²) in [5, 5.41) is 18.1. The van der Waals surface area contributed by atoms with Gasteiger partial charge in [0.15, 0.2) is 12.2 Å². The van der Waals surface area contributed by atoms with Crippen LogP contribution in [0.4, 0.5) is 0 Å². The van der Waals surface area contributed by atoms with Gasteiger partial charge in [-0.3, -0.25) is 0 Å². The van der Waals surface area contributed by atoms with Crippen molar-refractivity contribution in [2.45, 2.75) is 25.2 Å². The van der Waals surface area contributed by atoms with Gasteiger partial charge in [0.25, 0.3) is 0 Å². The van der Waals surface area contributed by atoms with Crippen molar-refractivity contribution in [3.63, 3.8) is 0 Å². The summed E-state index contributed by atoms with van der Waals surface area (Å²) in [5.41, 5.74) is 0.530. The van der Waals surface area contributed by atoms with E-state index in [1.54, 1.807) is 6.92 Å². The van der Waals surface area contributed by atoms with E-state index in [2.05, 4.69) is 11.3 Å². The Kier molecular flexibility index (Phi) is 1.97. The maximum atomic E-state index is 10.6. The van der Waals surface area contributed by atoms with Gasteiger partial charge in [-0.1, -0.05) is 6.58 Å². The molecule has 4 heteroatoms. The lowest BCUT2D eigenvalue weighted by molar-refractivity contribution is -0.146. The molecule has 62 valence electrons. The number of hydrogen-bond donors (Lipinski definition) is 2. The Hall–Kier alpha value is -0.870. The molecule has 0 bridgehead atoms. The Morgan fingerprint density at radius 1 is 1.64 bits per heavy atom. The van der Waals surface area contributed by atoms with Crippen molar-refractivity contribution in [1.82, 2.24) is 0 Å². The van der Waals surface area contributed by atoms with Crippen LogP contribution in [-0.4, -0.2) is 34.5 Å². The highest BCUT2D eigenvalue weighted by Crippen LogP contribution is 2.20. The average molecular weight is 158 g/mol. The van der Waals surface area contributed by atoms with E-state index < -0.39 is 24.3 Å². The van der Waals surface area contributed by atoms with Crippen molar-refractivity contribution in [2.24, 2.45) is 0 Å². The zero-order valence-corrected chi connectivity index (χ0v) is 6.15. The molecule has 1 saturated heterocycles. The number of carbonyl (C=O) groups excluding carboxylic acids is 1. The van der Waals surface area contributed by atoms with Gasteiger partial charge >= 0.3 is 5.97 Å². The van der Waals surface area contributed by atoms with Gasteiger partial charge in [0.05, 0.1) is 0 Å². The lowest BCUT2D eigenvalue weighted by atomic mass is 10.1. The summed E-state index contributed by atoms with van der Waals surface area (Å²) in [4.78, 5) is 10.6. The van der Waals surface area contributed by atoms with Crippen LogP contribution in [-0.2, 0) is 9.53 Å². The number of esters is 1. The topological polar surface area (TPSA) is 66.8 Å². The molecule has 1 aliphatic heterocycles. The molecule has 0 saturated carbocycles. The summed E-state index contributed by atoms with van der Waals surface area (Å²) in [6.45, 7) is 5.13. The van der Waals surface area contributed by atoms with Gasteiger partial charge in [0.1, 0.15) is 6.10 Å². The Balaban J connectivity index is 2.74. The fourth-order valence-electron chi connectivity index (χ4n) is 0.962. The monoisotopic (exact) mass is 158 g/mol.